The van der Waals surface area contributed by atoms with Crippen molar-refractivity contribution in [2.24, 2.45) is 5.73 Å². The molecule has 4 heteroatoms. The van der Waals surface area contributed by atoms with Crippen LogP contribution in [0.5, 0.6) is 0 Å². The highest BCUT2D eigenvalue weighted by Gasteiger charge is 2.36. The molecule has 1 aliphatic rings. The molecule has 2 rings (SSSR count). The van der Waals surface area contributed by atoms with Gasteiger partial charge in [0, 0.05) is 12.1 Å². The largest absolute Gasteiger partial charge is 0.345 e. The zero-order chi connectivity index (χ0) is 11.6. The molecule has 0 spiro atoms. The number of carbonyl (C=O) groups is 1. The van der Waals surface area contributed by atoms with Crippen molar-refractivity contribution in [2.75, 3.05) is 6.54 Å². The molecule has 0 bridgehead atoms. The first-order valence-electron chi connectivity index (χ1n) is 5.43. The molecule has 0 heterocycles. The molecule has 0 aromatic heterocycles. The smallest absolute Gasteiger partial charge is 0.251 e. The fourth-order valence-corrected chi connectivity index (χ4v) is 1.90. The van der Waals surface area contributed by atoms with Crippen LogP contribution in [0.3, 0.4) is 0 Å². The summed E-state index contributed by atoms with van der Waals surface area (Å²) in [7, 11) is 0. The van der Waals surface area contributed by atoms with E-state index in [1.807, 2.05) is 0 Å². The number of nitrogens with two attached hydrogens (primary N) is 1. The van der Waals surface area contributed by atoms with Gasteiger partial charge in [0.2, 0.25) is 0 Å². The Hall–Kier alpha value is -1.42. The molecule has 3 nitrogen and oxygen atoms in total. The number of halogens is 1. The van der Waals surface area contributed by atoms with E-state index in [9.17, 15) is 9.18 Å². The average molecular weight is 222 g/mol. The average Bonchev–Trinajstić information content (AvgIpc) is 2.24. The van der Waals surface area contributed by atoms with Crippen LogP contribution in [-0.2, 0) is 0 Å². The quantitative estimate of drug-likeness (QED) is 0.813. The molecule has 0 unspecified atom stereocenters. The van der Waals surface area contributed by atoms with Gasteiger partial charge in [-0.2, -0.15) is 0 Å². The van der Waals surface area contributed by atoms with Gasteiger partial charge in [0.1, 0.15) is 5.82 Å². The van der Waals surface area contributed by atoms with Crippen molar-refractivity contribution in [1.82, 2.24) is 5.32 Å². The Bertz CT molecular complexity index is 379. The van der Waals surface area contributed by atoms with E-state index >= 15 is 0 Å². The molecule has 1 aromatic rings. The molecule has 1 aromatic carbocycles. The molecule has 0 atom stereocenters. The minimum Gasteiger partial charge on any atom is -0.345 e. The second-order valence-corrected chi connectivity index (χ2v) is 4.30. The zero-order valence-corrected chi connectivity index (χ0v) is 9.00. The van der Waals surface area contributed by atoms with Crippen molar-refractivity contribution in [3.8, 4) is 0 Å². The Kier molecular flexibility index (Phi) is 2.92. The van der Waals surface area contributed by atoms with Crippen LogP contribution in [-0.4, -0.2) is 18.0 Å². The van der Waals surface area contributed by atoms with Crippen molar-refractivity contribution in [3.05, 3.63) is 35.6 Å². The molecule has 0 saturated heterocycles. The number of benzene rings is 1. The number of amides is 1. The molecule has 1 saturated carbocycles. The highest BCUT2D eigenvalue weighted by molar-refractivity contribution is 5.94. The van der Waals surface area contributed by atoms with Gasteiger partial charge < -0.3 is 11.1 Å². The number of rotatable bonds is 3. The molecule has 3 N–H and O–H groups in total. The Labute approximate surface area is 93.8 Å². The number of carbonyl (C=O) groups excluding carboxylic acids is 1. The summed E-state index contributed by atoms with van der Waals surface area (Å²) in [5.41, 5.74) is 5.89. The van der Waals surface area contributed by atoms with E-state index in [2.05, 4.69) is 5.32 Å². The van der Waals surface area contributed by atoms with Gasteiger partial charge in [0.15, 0.2) is 0 Å². The van der Waals surface area contributed by atoms with Crippen molar-refractivity contribution in [3.63, 3.8) is 0 Å². The second kappa shape index (κ2) is 4.22. The van der Waals surface area contributed by atoms with Crippen molar-refractivity contribution in [2.45, 2.75) is 24.8 Å². The monoisotopic (exact) mass is 222 g/mol. The first-order valence-corrected chi connectivity index (χ1v) is 5.43. The van der Waals surface area contributed by atoms with Crippen molar-refractivity contribution in [1.29, 1.82) is 0 Å². The summed E-state index contributed by atoms with van der Waals surface area (Å²) in [6.45, 7) is 0.458. The van der Waals surface area contributed by atoms with E-state index in [1.54, 1.807) is 0 Å². The van der Waals surface area contributed by atoms with Gasteiger partial charge in [-0.1, -0.05) is 0 Å². The van der Waals surface area contributed by atoms with Crippen LogP contribution in [0.25, 0.3) is 0 Å². The zero-order valence-electron chi connectivity index (χ0n) is 9.00. The summed E-state index contributed by atoms with van der Waals surface area (Å²) in [5.74, 6) is -0.515. The fraction of sp³-hybridized carbons (Fsp3) is 0.417. The van der Waals surface area contributed by atoms with E-state index in [0.29, 0.717) is 12.1 Å². The molecule has 0 radical (unpaired) electrons. The lowest BCUT2D eigenvalue weighted by Crippen LogP contribution is -2.58. The summed E-state index contributed by atoms with van der Waals surface area (Å²) in [6.07, 6.45) is 2.95. The first kappa shape index (κ1) is 11.1. The van der Waals surface area contributed by atoms with Crippen LogP contribution in [0.4, 0.5) is 4.39 Å². The molecular weight excluding hydrogens is 207 g/mol. The molecule has 1 fully saturated rings. The maximum absolute atomic E-state index is 12.7. The first-order chi connectivity index (χ1) is 7.65. The van der Waals surface area contributed by atoms with Gasteiger partial charge in [-0.05, 0) is 43.5 Å². The van der Waals surface area contributed by atoms with Gasteiger partial charge in [0.05, 0.1) is 5.54 Å². The molecule has 1 aliphatic carbocycles. The van der Waals surface area contributed by atoms with Crippen LogP contribution in [0, 0.1) is 5.82 Å². The van der Waals surface area contributed by atoms with Gasteiger partial charge in [-0.3, -0.25) is 4.79 Å². The van der Waals surface area contributed by atoms with Gasteiger partial charge in [-0.25, -0.2) is 4.39 Å². The summed E-state index contributed by atoms with van der Waals surface area (Å²) in [6, 6.07) is 5.52. The minimum atomic E-state index is -0.339. The second-order valence-electron chi connectivity index (χ2n) is 4.30. The third kappa shape index (κ3) is 2.07. The molecule has 1 amide bonds. The molecular formula is C12H15FN2O. The predicted octanol–water partition coefficient (Wildman–Crippen LogP) is 1.44. The maximum atomic E-state index is 12.7. The third-order valence-corrected chi connectivity index (χ3v) is 3.19. The summed E-state index contributed by atoms with van der Waals surface area (Å²) in [5, 5.41) is 2.93. The topological polar surface area (TPSA) is 55.1 Å². The van der Waals surface area contributed by atoms with Crippen LogP contribution in [0.1, 0.15) is 29.6 Å². The Morgan fingerprint density at radius 1 is 1.38 bits per heavy atom. The van der Waals surface area contributed by atoms with Gasteiger partial charge >= 0.3 is 0 Å². The van der Waals surface area contributed by atoms with Crippen LogP contribution < -0.4 is 11.1 Å². The lowest BCUT2D eigenvalue weighted by molar-refractivity contribution is 0.0837. The molecule has 0 aliphatic heterocycles. The number of nitrogens with one attached hydrogen (secondary N) is 1. The van der Waals surface area contributed by atoms with E-state index < -0.39 is 0 Å². The predicted molar refractivity (Wildman–Crippen MR) is 59.5 cm³/mol. The van der Waals surface area contributed by atoms with E-state index in [-0.39, 0.29) is 17.3 Å². The van der Waals surface area contributed by atoms with Crippen LogP contribution >= 0.6 is 0 Å². The van der Waals surface area contributed by atoms with Crippen LogP contribution in [0.2, 0.25) is 0 Å². The molecule has 16 heavy (non-hydrogen) atoms. The Morgan fingerprint density at radius 2 is 2.00 bits per heavy atom. The summed E-state index contributed by atoms with van der Waals surface area (Å²) >= 11 is 0. The fourth-order valence-electron chi connectivity index (χ4n) is 1.90. The molecule has 86 valence electrons. The minimum absolute atomic E-state index is 0.176. The summed E-state index contributed by atoms with van der Waals surface area (Å²) in [4.78, 5) is 11.8. The lowest BCUT2D eigenvalue weighted by Gasteiger charge is -2.41. The van der Waals surface area contributed by atoms with E-state index in [0.717, 1.165) is 19.3 Å². The van der Waals surface area contributed by atoms with Crippen LogP contribution in [0.15, 0.2) is 24.3 Å². The van der Waals surface area contributed by atoms with Crippen molar-refractivity contribution >= 4 is 5.91 Å². The SMILES string of the molecule is NCC1(NC(=O)c2ccc(F)cc2)CCC1. The number of hydrogen-bond donors (Lipinski definition) is 2. The van der Waals surface area contributed by atoms with E-state index in [4.69, 9.17) is 5.73 Å². The van der Waals surface area contributed by atoms with Gasteiger partial charge in [-0.15, -0.1) is 0 Å². The Balaban J connectivity index is 2.05. The maximum Gasteiger partial charge on any atom is 0.251 e. The highest BCUT2D eigenvalue weighted by atomic mass is 19.1. The third-order valence-electron chi connectivity index (χ3n) is 3.19. The van der Waals surface area contributed by atoms with Crippen molar-refractivity contribution < 1.29 is 9.18 Å². The van der Waals surface area contributed by atoms with E-state index in [1.165, 1.54) is 24.3 Å². The summed E-state index contributed by atoms with van der Waals surface area (Å²) < 4.78 is 12.7. The number of hydrogen-bond acceptors (Lipinski definition) is 2. The normalized spacial score (nSPS) is 17.6. The lowest BCUT2D eigenvalue weighted by atomic mass is 9.76. The standard InChI is InChI=1S/C12H15FN2O/c13-10-4-2-9(3-5-10)11(16)15-12(8-14)6-1-7-12/h2-5H,1,6-8,14H2,(H,15,16). The Morgan fingerprint density at radius 3 is 2.44 bits per heavy atom. The highest BCUT2D eigenvalue weighted by Crippen LogP contribution is 2.30. The van der Waals surface area contributed by atoms with Gasteiger partial charge in [0.25, 0.3) is 5.91 Å².